The number of ether oxygens (including phenoxy) is 3. The van der Waals surface area contributed by atoms with Crippen molar-refractivity contribution < 1.29 is 23.8 Å². The third-order valence-corrected chi connectivity index (χ3v) is 5.98. The maximum Gasteiger partial charge on any atom is 0.258 e. The number of rotatable bonds is 1. The van der Waals surface area contributed by atoms with Crippen LogP contribution in [0.15, 0.2) is 18.2 Å². The lowest BCUT2D eigenvalue weighted by molar-refractivity contribution is -0.152. The summed E-state index contributed by atoms with van der Waals surface area (Å²) < 4.78 is 17.7. The number of nitriles is 1. The Labute approximate surface area is 177 Å². The number of benzene rings is 1. The minimum Gasteiger partial charge on any atom is -0.493 e. The minimum absolute atomic E-state index is 0.00882. The fourth-order valence-electron chi connectivity index (χ4n) is 3.98. The molecule has 0 saturated carbocycles. The molecule has 1 saturated heterocycles. The highest BCUT2D eigenvalue weighted by molar-refractivity contribution is 5.99. The molecule has 8 nitrogen and oxygen atoms in total. The molecule has 3 rings (SSSR count). The molecule has 2 aliphatic rings. The van der Waals surface area contributed by atoms with Crippen molar-refractivity contribution in [3.63, 3.8) is 0 Å². The van der Waals surface area contributed by atoms with Crippen LogP contribution in [0.25, 0.3) is 0 Å². The maximum absolute atomic E-state index is 13.2. The van der Waals surface area contributed by atoms with Gasteiger partial charge in [0.25, 0.3) is 5.91 Å². The Bertz CT molecular complexity index is 837. The Kier molecular flexibility index (Phi) is 6.95. The van der Waals surface area contributed by atoms with Crippen LogP contribution >= 0.6 is 0 Å². The van der Waals surface area contributed by atoms with Crippen molar-refractivity contribution >= 4 is 11.8 Å². The third kappa shape index (κ3) is 4.58. The first-order valence-electron chi connectivity index (χ1n) is 10.2. The zero-order valence-corrected chi connectivity index (χ0v) is 18.0. The summed E-state index contributed by atoms with van der Waals surface area (Å²) in [4.78, 5) is 29.1. The molecule has 2 bridgehead atoms. The SMILES string of the molecule is CO[C@@H]1CC[C@H]2CCOc3ccc(C#N)cc3C(=O)N(C)[C@@H](C)C(=O)N(C)C[C@@H]1O2. The fraction of sp³-hybridized carbons (Fsp3) is 0.591. The molecule has 2 amide bonds. The number of hydrogen-bond donors (Lipinski definition) is 0. The summed E-state index contributed by atoms with van der Waals surface area (Å²) in [6, 6.07) is 6.12. The first kappa shape index (κ1) is 22.1. The second-order valence-corrected chi connectivity index (χ2v) is 7.92. The van der Waals surface area contributed by atoms with Gasteiger partial charge in [0, 0.05) is 34.2 Å². The van der Waals surface area contributed by atoms with Gasteiger partial charge in [-0.05, 0) is 38.0 Å². The molecule has 1 aromatic rings. The summed E-state index contributed by atoms with van der Waals surface area (Å²) >= 11 is 0. The highest BCUT2D eigenvalue weighted by Crippen LogP contribution is 2.27. The first-order valence-corrected chi connectivity index (χ1v) is 10.2. The smallest absolute Gasteiger partial charge is 0.258 e. The van der Waals surface area contributed by atoms with Gasteiger partial charge in [-0.25, -0.2) is 0 Å². The predicted octanol–water partition coefficient (Wildman–Crippen LogP) is 1.82. The molecule has 4 atom stereocenters. The van der Waals surface area contributed by atoms with Crippen LogP contribution in [0.5, 0.6) is 5.75 Å². The van der Waals surface area contributed by atoms with Crippen molar-refractivity contribution in [3.8, 4) is 11.8 Å². The van der Waals surface area contributed by atoms with Crippen molar-refractivity contribution in [3.05, 3.63) is 29.3 Å². The number of likely N-dealkylation sites (N-methyl/N-ethyl adjacent to an activating group) is 2. The lowest BCUT2D eigenvalue weighted by Gasteiger charge is -2.39. The van der Waals surface area contributed by atoms with Crippen molar-refractivity contribution in [2.45, 2.75) is 50.5 Å². The van der Waals surface area contributed by atoms with E-state index in [4.69, 9.17) is 14.2 Å². The molecule has 0 N–H and O–H groups in total. The number of hydrogen-bond acceptors (Lipinski definition) is 6. The molecule has 8 heteroatoms. The van der Waals surface area contributed by atoms with Gasteiger partial charge >= 0.3 is 0 Å². The fourth-order valence-corrected chi connectivity index (χ4v) is 3.98. The van der Waals surface area contributed by atoms with E-state index in [0.717, 1.165) is 12.8 Å². The first-order chi connectivity index (χ1) is 14.3. The molecule has 162 valence electrons. The Morgan fingerprint density at radius 3 is 2.67 bits per heavy atom. The number of carbonyl (C=O) groups excluding carboxylic acids is 2. The van der Waals surface area contributed by atoms with Crippen LogP contribution in [0, 0.1) is 11.3 Å². The van der Waals surface area contributed by atoms with E-state index in [1.54, 1.807) is 45.2 Å². The highest BCUT2D eigenvalue weighted by atomic mass is 16.5. The lowest BCUT2D eigenvalue weighted by Crippen LogP contribution is -2.52. The van der Waals surface area contributed by atoms with Gasteiger partial charge in [0.1, 0.15) is 17.9 Å². The molecule has 0 aliphatic carbocycles. The van der Waals surface area contributed by atoms with Gasteiger partial charge in [-0.2, -0.15) is 5.26 Å². The Morgan fingerprint density at radius 1 is 1.20 bits per heavy atom. The van der Waals surface area contributed by atoms with Gasteiger partial charge in [-0.1, -0.05) is 0 Å². The quantitative estimate of drug-likeness (QED) is 0.695. The molecule has 2 heterocycles. The van der Waals surface area contributed by atoms with Crippen LogP contribution in [0.2, 0.25) is 0 Å². The second kappa shape index (κ2) is 9.45. The third-order valence-electron chi connectivity index (χ3n) is 5.98. The number of amides is 2. The van der Waals surface area contributed by atoms with Crippen LogP contribution in [0.1, 0.15) is 42.1 Å². The van der Waals surface area contributed by atoms with E-state index in [1.165, 1.54) is 11.0 Å². The van der Waals surface area contributed by atoms with Crippen LogP contribution < -0.4 is 4.74 Å². The van der Waals surface area contributed by atoms with Crippen LogP contribution in [0.4, 0.5) is 0 Å². The summed E-state index contributed by atoms with van der Waals surface area (Å²) in [5, 5.41) is 9.23. The summed E-state index contributed by atoms with van der Waals surface area (Å²) in [7, 11) is 4.96. The molecule has 2 aliphatic heterocycles. The van der Waals surface area contributed by atoms with Crippen molar-refractivity contribution in [1.82, 2.24) is 9.80 Å². The molecular formula is C22H29N3O5. The molecule has 1 fully saturated rings. The number of methoxy groups -OCH3 is 1. The maximum atomic E-state index is 13.2. The second-order valence-electron chi connectivity index (χ2n) is 7.92. The van der Waals surface area contributed by atoms with Crippen LogP contribution in [0.3, 0.4) is 0 Å². The molecule has 30 heavy (non-hydrogen) atoms. The summed E-state index contributed by atoms with van der Waals surface area (Å²) in [6.07, 6.45) is 2.03. The normalized spacial score (nSPS) is 28.2. The van der Waals surface area contributed by atoms with Crippen LogP contribution in [-0.2, 0) is 14.3 Å². The monoisotopic (exact) mass is 415 g/mol. The molecular weight excluding hydrogens is 386 g/mol. The summed E-state index contributed by atoms with van der Waals surface area (Å²) in [5.41, 5.74) is 0.637. The molecule has 0 unspecified atom stereocenters. The largest absolute Gasteiger partial charge is 0.493 e. The van der Waals surface area contributed by atoms with E-state index in [-0.39, 0.29) is 35.7 Å². The van der Waals surface area contributed by atoms with E-state index >= 15 is 0 Å². The van der Waals surface area contributed by atoms with E-state index in [0.29, 0.717) is 30.9 Å². The lowest BCUT2D eigenvalue weighted by atomic mass is 9.98. The zero-order valence-electron chi connectivity index (χ0n) is 18.0. The van der Waals surface area contributed by atoms with E-state index < -0.39 is 6.04 Å². The average molecular weight is 415 g/mol. The topological polar surface area (TPSA) is 92.1 Å². The minimum atomic E-state index is -0.690. The number of carbonyl (C=O) groups is 2. The zero-order chi connectivity index (χ0) is 21.8. The number of fused-ring (bicyclic) bond motifs is 3. The Morgan fingerprint density at radius 2 is 1.97 bits per heavy atom. The van der Waals surface area contributed by atoms with Gasteiger partial charge < -0.3 is 24.0 Å². The van der Waals surface area contributed by atoms with Gasteiger partial charge in [-0.15, -0.1) is 0 Å². The number of nitrogens with zero attached hydrogens (tertiary/aromatic N) is 3. The predicted molar refractivity (Wildman–Crippen MR) is 109 cm³/mol. The van der Waals surface area contributed by atoms with Crippen molar-refractivity contribution in [2.24, 2.45) is 0 Å². The molecule has 0 radical (unpaired) electrons. The van der Waals surface area contributed by atoms with Gasteiger partial charge in [0.05, 0.1) is 36.0 Å². The molecule has 1 aromatic carbocycles. The van der Waals surface area contributed by atoms with Crippen LogP contribution in [-0.4, -0.2) is 80.3 Å². The molecule has 0 spiro atoms. The van der Waals surface area contributed by atoms with E-state index in [2.05, 4.69) is 0 Å². The van der Waals surface area contributed by atoms with Gasteiger partial charge in [0.2, 0.25) is 5.91 Å². The summed E-state index contributed by atoms with van der Waals surface area (Å²) in [5.74, 6) is -0.153. The van der Waals surface area contributed by atoms with Crippen molar-refractivity contribution in [2.75, 3.05) is 34.4 Å². The standard InChI is InChI=1S/C22H29N3O5/c1-14-21(26)24(2)13-20-19(28-4)8-6-16(30-20)9-10-29-18-7-5-15(12-23)11-17(18)22(27)25(14)3/h5,7,11,14,16,19-20H,6,8-10,13H2,1-4H3/t14-,16-,19+,20-/m0/s1. The highest BCUT2D eigenvalue weighted by Gasteiger charge is 2.35. The summed E-state index contributed by atoms with van der Waals surface area (Å²) in [6.45, 7) is 2.46. The Balaban J connectivity index is 1.94. The van der Waals surface area contributed by atoms with E-state index in [1.807, 2.05) is 6.07 Å². The van der Waals surface area contributed by atoms with Crippen molar-refractivity contribution in [1.29, 1.82) is 5.26 Å². The van der Waals surface area contributed by atoms with Gasteiger partial charge in [-0.3, -0.25) is 9.59 Å². The average Bonchev–Trinajstić information content (AvgIpc) is 2.76. The Hall–Kier alpha value is -2.63. The van der Waals surface area contributed by atoms with Gasteiger partial charge in [0.15, 0.2) is 0 Å². The van der Waals surface area contributed by atoms with E-state index in [9.17, 15) is 14.9 Å². The molecule has 0 aromatic heterocycles.